The summed E-state index contributed by atoms with van der Waals surface area (Å²) in [6.07, 6.45) is 0.00222. The SMILES string of the molecule is CC1CN(c2ccc(CNC(=O)CNC(=O)c3cc(F)cc(F)c3)cc2F)CC(C)O1. The first-order valence-corrected chi connectivity index (χ1v) is 9.91. The molecule has 0 saturated carbocycles. The highest BCUT2D eigenvalue weighted by Gasteiger charge is 2.24. The molecule has 2 N–H and O–H groups in total. The quantitative estimate of drug-likeness (QED) is 0.732. The van der Waals surface area contributed by atoms with E-state index in [4.69, 9.17) is 4.74 Å². The molecule has 2 unspecified atom stereocenters. The van der Waals surface area contributed by atoms with Gasteiger partial charge in [0.25, 0.3) is 5.91 Å². The van der Waals surface area contributed by atoms with Crippen molar-refractivity contribution in [1.82, 2.24) is 10.6 Å². The summed E-state index contributed by atoms with van der Waals surface area (Å²) < 4.78 is 46.6. The Hall–Kier alpha value is -3.07. The van der Waals surface area contributed by atoms with Gasteiger partial charge in [-0.05, 0) is 43.7 Å². The van der Waals surface area contributed by atoms with Crippen molar-refractivity contribution in [3.05, 3.63) is 65.0 Å². The van der Waals surface area contributed by atoms with E-state index in [1.165, 1.54) is 6.07 Å². The van der Waals surface area contributed by atoms with Crippen LogP contribution in [0.4, 0.5) is 18.9 Å². The second-order valence-electron chi connectivity index (χ2n) is 7.57. The van der Waals surface area contributed by atoms with Gasteiger partial charge in [-0.2, -0.15) is 0 Å². The summed E-state index contributed by atoms with van der Waals surface area (Å²) in [5, 5.41) is 4.85. The van der Waals surface area contributed by atoms with Crippen LogP contribution in [0.15, 0.2) is 36.4 Å². The molecule has 31 heavy (non-hydrogen) atoms. The van der Waals surface area contributed by atoms with Gasteiger partial charge in [-0.1, -0.05) is 6.07 Å². The molecule has 2 aromatic rings. The number of amides is 2. The van der Waals surface area contributed by atoms with Crippen LogP contribution in [0.3, 0.4) is 0 Å². The lowest BCUT2D eigenvalue weighted by Gasteiger charge is -2.37. The van der Waals surface area contributed by atoms with E-state index in [-0.39, 0.29) is 30.9 Å². The number of rotatable bonds is 6. The number of carbonyl (C=O) groups is 2. The Kier molecular flexibility index (Phi) is 7.17. The Morgan fingerprint density at radius 1 is 1.00 bits per heavy atom. The molecule has 1 heterocycles. The highest BCUT2D eigenvalue weighted by atomic mass is 19.1. The van der Waals surface area contributed by atoms with Crippen LogP contribution in [0.5, 0.6) is 0 Å². The molecule has 0 radical (unpaired) electrons. The molecule has 2 atom stereocenters. The number of ether oxygens (including phenoxy) is 1. The Morgan fingerprint density at radius 3 is 2.26 bits per heavy atom. The second-order valence-corrected chi connectivity index (χ2v) is 7.57. The Balaban J connectivity index is 1.51. The minimum Gasteiger partial charge on any atom is -0.372 e. The molecule has 0 bridgehead atoms. The zero-order valence-corrected chi connectivity index (χ0v) is 17.3. The van der Waals surface area contributed by atoms with E-state index in [2.05, 4.69) is 10.6 Å². The molecule has 166 valence electrons. The Labute approximate surface area is 178 Å². The van der Waals surface area contributed by atoms with E-state index in [9.17, 15) is 22.8 Å². The average molecular weight is 435 g/mol. The van der Waals surface area contributed by atoms with Crippen molar-refractivity contribution in [2.24, 2.45) is 0 Å². The maximum atomic E-state index is 14.6. The normalized spacial score (nSPS) is 18.5. The van der Waals surface area contributed by atoms with Gasteiger partial charge in [0.1, 0.15) is 17.5 Å². The van der Waals surface area contributed by atoms with E-state index in [0.29, 0.717) is 30.4 Å². The van der Waals surface area contributed by atoms with Crippen LogP contribution < -0.4 is 15.5 Å². The monoisotopic (exact) mass is 435 g/mol. The minimum atomic E-state index is -0.888. The van der Waals surface area contributed by atoms with E-state index >= 15 is 0 Å². The molecular weight excluding hydrogens is 411 g/mol. The molecule has 2 amide bonds. The van der Waals surface area contributed by atoms with Crippen molar-refractivity contribution in [2.75, 3.05) is 24.5 Å². The molecule has 1 aliphatic rings. The summed E-state index contributed by atoms with van der Waals surface area (Å²) in [6, 6.07) is 7.13. The number of anilines is 1. The second kappa shape index (κ2) is 9.82. The number of nitrogens with one attached hydrogen (secondary N) is 2. The third-order valence-corrected chi connectivity index (χ3v) is 4.80. The Morgan fingerprint density at radius 2 is 1.65 bits per heavy atom. The molecule has 0 aromatic heterocycles. The van der Waals surface area contributed by atoms with Crippen LogP contribution in [-0.4, -0.2) is 43.7 Å². The zero-order chi connectivity index (χ0) is 22.5. The molecule has 0 spiro atoms. The van der Waals surface area contributed by atoms with E-state index in [0.717, 1.165) is 12.1 Å². The summed E-state index contributed by atoms with van der Waals surface area (Å²) in [6.45, 7) is 4.73. The van der Waals surface area contributed by atoms with Crippen LogP contribution >= 0.6 is 0 Å². The maximum Gasteiger partial charge on any atom is 0.251 e. The summed E-state index contributed by atoms with van der Waals surface area (Å²) in [4.78, 5) is 25.8. The van der Waals surface area contributed by atoms with E-state index < -0.39 is 29.3 Å². The van der Waals surface area contributed by atoms with Gasteiger partial charge in [-0.25, -0.2) is 13.2 Å². The lowest BCUT2D eigenvalue weighted by molar-refractivity contribution is -0.120. The molecule has 2 aromatic carbocycles. The van der Waals surface area contributed by atoms with Gasteiger partial charge in [-0.3, -0.25) is 9.59 Å². The average Bonchev–Trinajstić information content (AvgIpc) is 2.69. The standard InChI is InChI=1S/C22H24F3N3O3/c1-13-11-28(12-14(2)31-13)20-4-3-15(5-19(20)25)9-26-21(29)10-27-22(30)16-6-17(23)8-18(24)7-16/h3-8,13-14H,9-12H2,1-2H3,(H,26,29)(H,27,30). The predicted octanol–water partition coefficient (Wildman–Crippen LogP) is 2.76. The van der Waals surface area contributed by atoms with E-state index in [1.807, 2.05) is 18.7 Å². The summed E-state index contributed by atoms with van der Waals surface area (Å²) in [7, 11) is 0. The highest BCUT2D eigenvalue weighted by molar-refractivity contribution is 5.96. The topological polar surface area (TPSA) is 70.7 Å². The third-order valence-electron chi connectivity index (χ3n) is 4.80. The number of benzene rings is 2. The first-order valence-electron chi connectivity index (χ1n) is 9.91. The summed E-state index contributed by atoms with van der Waals surface area (Å²) in [5.41, 5.74) is 0.809. The first-order chi connectivity index (χ1) is 14.7. The fourth-order valence-corrected chi connectivity index (χ4v) is 3.50. The molecule has 1 aliphatic heterocycles. The number of hydrogen-bond donors (Lipinski definition) is 2. The van der Waals surface area contributed by atoms with Crippen molar-refractivity contribution in [3.8, 4) is 0 Å². The Bertz CT molecular complexity index is 940. The molecule has 0 aliphatic carbocycles. The van der Waals surface area contributed by atoms with Gasteiger partial charge >= 0.3 is 0 Å². The van der Waals surface area contributed by atoms with Gasteiger partial charge in [0.2, 0.25) is 5.91 Å². The van der Waals surface area contributed by atoms with Crippen LogP contribution in [0, 0.1) is 17.5 Å². The fourth-order valence-electron chi connectivity index (χ4n) is 3.50. The number of halogens is 3. The lowest BCUT2D eigenvalue weighted by atomic mass is 10.1. The van der Waals surface area contributed by atoms with Crippen molar-refractivity contribution < 1.29 is 27.5 Å². The van der Waals surface area contributed by atoms with E-state index in [1.54, 1.807) is 12.1 Å². The zero-order valence-electron chi connectivity index (χ0n) is 17.3. The van der Waals surface area contributed by atoms with Crippen molar-refractivity contribution in [1.29, 1.82) is 0 Å². The fraction of sp³-hybridized carbons (Fsp3) is 0.364. The van der Waals surface area contributed by atoms with Crippen LogP contribution in [0.25, 0.3) is 0 Å². The molecular formula is C22H24F3N3O3. The highest BCUT2D eigenvalue weighted by Crippen LogP contribution is 2.24. The van der Waals surface area contributed by atoms with Crippen LogP contribution in [0.1, 0.15) is 29.8 Å². The van der Waals surface area contributed by atoms with Gasteiger partial charge in [-0.15, -0.1) is 0 Å². The molecule has 6 nitrogen and oxygen atoms in total. The lowest BCUT2D eigenvalue weighted by Crippen LogP contribution is -2.45. The molecule has 1 saturated heterocycles. The van der Waals surface area contributed by atoms with Crippen LogP contribution in [0.2, 0.25) is 0 Å². The van der Waals surface area contributed by atoms with Crippen molar-refractivity contribution in [2.45, 2.75) is 32.6 Å². The predicted molar refractivity (Wildman–Crippen MR) is 109 cm³/mol. The minimum absolute atomic E-state index is 0.00111. The number of morpholine rings is 1. The summed E-state index contributed by atoms with van der Waals surface area (Å²) in [5.74, 6) is -3.47. The summed E-state index contributed by atoms with van der Waals surface area (Å²) >= 11 is 0. The van der Waals surface area contributed by atoms with Crippen molar-refractivity contribution in [3.63, 3.8) is 0 Å². The van der Waals surface area contributed by atoms with Crippen LogP contribution in [-0.2, 0) is 16.1 Å². The number of nitrogens with zero attached hydrogens (tertiary/aromatic N) is 1. The third kappa shape index (κ3) is 6.21. The molecule has 9 heteroatoms. The largest absolute Gasteiger partial charge is 0.372 e. The van der Waals surface area contributed by atoms with Gasteiger partial charge in [0, 0.05) is 31.3 Å². The van der Waals surface area contributed by atoms with Gasteiger partial charge in [0.15, 0.2) is 0 Å². The first kappa shape index (κ1) is 22.6. The smallest absolute Gasteiger partial charge is 0.251 e. The van der Waals surface area contributed by atoms with Crippen molar-refractivity contribution >= 4 is 17.5 Å². The number of hydrogen-bond acceptors (Lipinski definition) is 4. The maximum absolute atomic E-state index is 14.6. The molecule has 3 rings (SSSR count). The number of carbonyl (C=O) groups excluding carboxylic acids is 2. The molecule has 1 fully saturated rings. The van der Waals surface area contributed by atoms with Gasteiger partial charge in [0.05, 0.1) is 24.4 Å². The van der Waals surface area contributed by atoms with Gasteiger partial charge < -0.3 is 20.3 Å².